The van der Waals surface area contributed by atoms with Crippen LogP contribution in [0.4, 0.5) is 5.69 Å². The molecule has 0 saturated heterocycles. The molecule has 1 aromatic carbocycles. The molecule has 1 N–H and O–H groups in total. The van der Waals surface area contributed by atoms with Crippen molar-refractivity contribution in [2.24, 2.45) is 0 Å². The molecular weight excluding hydrogens is 408 g/mol. The van der Waals surface area contributed by atoms with Crippen molar-refractivity contribution in [1.82, 2.24) is 24.9 Å². The van der Waals surface area contributed by atoms with E-state index in [4.69, 9.17) is 9.26 Å². The first-order chi connectivity index (χ1) is 15.2. The minimum atomic E-state index is -0.272. The summed E-state index contributed by atoms with van der Waals surface area (Å²) in [6.07, 6.45) is 0. The predicted octanol–water partition coefficient (Wildman–Crippen LogP) is 4.55. The molecule has 1 amide bonds. The molecule has 0 fully saturated rings. The SMILES string of the molecule is Cc1nc(Oc2ccc(NC(=O)c3c(C)noc3C)cc2)cc(-n2nc(C)c(C)c2C)n1. The first-order valence-corrected chi connectivity index (χ1v) is 10.1. The third-order valence-electron chi connectivity index (χ3n) is 5.27. The first kappa shape index (κ1) is 21.2. The molecule has 0 radical (unpaired) electrons. The summed E-state index contributed by atoms with van der Waals surface area (Å²) in [5.41, 5.74) is 4.71. The van der Waals surface area contributed by atoms with E-state index in [-0.39, 0.29) is 5.91 Å². The second-order valence-electron chi connectivity index (χ2n) is 7.60. The number of hydrogen-bond donors (Lipinski definition) is 1. The van der Waals surface area contributed by atoms with Crippen molar-refractivity contribution in [3.8, 4) is 17.4 Å². The van der Waals surface area contributed by atoms with Gasteiger partial charge >= 0.3 is 0 Å². The van der Waals surface area contributed by atoms with Crippen LogP contribution in [0.1, 0.15) is 44.6 Å². The molecule has 32 heavy (non-hydrogen) atoms. The summed E-state index contributed by atoms with van der Waals surface area (Å²) in [4.78, 5) is 21.4. The monoisotopic (exact) mass is 432 g/mol. The molecule has 0 atom stereocenters. The van der Waals surface area contributed by atoms with Crippen LogP contribution < -0.4 is 10.1 Å². The normalized spacial score (nSPS) is 10.9. The van der Waals surface area contributed by atoms with E-state index in [2.05, 4.69) is 25.5 Å². The Morgan fingerprint density at radius 1 is 1.00 bits per heavy atom. The predicted molar refractivity (Wildman–Crippen MR) is 119 cm³/mol. The number of nitrogens with one attached hydrogen (secondary N) is 1. The molecule has 0 aliphatic heterocycles. The maximum absolute atomic E-state index is 12.5. The lowest BCUT2D eigenvalue weighted by Gasteiger charge is -2.10. The lowest BCUT2D eigenvalue weighted by Crippen LogP contribution is -2.13. The molecule has 0 spiro atoms. The van der Waals surface area contributed by atoms with Crippen LogP contribution in [0.3, 0.4) is 0 Å². The Morgan fingerprint density at radius 2 is 1.72 bits per heavy atom. The van der Waals surface area contributed by atoms with Crippen LogP contribution in [0.2, 0.25) is 0 Å². The second kappa shape index (κ2) is 8.26. The van der Waals surface area contributed by atoms with E-state index in [1.807, 2.05) is 27.7 Å². The average molecular weight is 432 g/mol. The Balaban J connectivity index is 1.52. The van der Waals surface area contributed by atoms with Crippen LogP contribution in [-0.2, 0) is 0 Å². The highest BCUT2D eigenvalue weighted by Crippen LogP contribution is 2.25. The molecule has 0 bridgehead atoms. The number of ether oxygens (including phenoxy) is 1. The molecule has 9 heteroatoms. The fraction of sp³-hybridized carbons (Fsp3) is 0.261. The maximum Gasteiger partial charge on any atom is 0.261 e. The lowest BCUT2D eigenvalue weighted by atomic mass is 10.2. The van der Waals surface area contributed by atoms with Gasteiger partial charge in [-0.1, -0.05) is 5.16 Å². The zero-order chi connectivity index (χ0) is 23.0. The van der Waals surface area contributed by atoms with E-state index >= 15 is 0 Å². The van der Waals surface area contributed by atoms with Crippen molar-refractivity contribution < 1.29 is 14.1 Å². The number of carbonyl (C=O) groups excluding carboxylic acids is 1. The number of benzene rings is 1. The van der Waals surface area contributed by atoms with Crippen LogP contribution >= 0.6 is 0 Å². The van der Waals surface area contributed by atoms with E-state index < -0.39 is 0 Å². The number of nitrogens with zero attached hydrogens (tertiary/aromatic N) is 5. The second-order valence-corrected chi connectivity index (χ2v) is 7.60. The highest BCUT2D eigenvalue weighted by molar-refractivity contribution is 6.05. The lowest BCUT2D eigenvalue weighted by molar-refractivity contribution is 0.102. The standard InChI is InChI=1S/C23H24N6O3/c1-12-13(2)27-29(15(12)4)20-11-21(25-17(6)24-20)31-19-9-7-18(8-10-19)26-23(30)22-14(3)28-32-16(22)5/h7-11H,1-6H3,(H,26,30). The molecule has 3 aromatic heterocycles. The highest BCUT2D eigenvalue weighted by Gasteiger charge is 2.17. The van der Waals surface area contributed by atoms with E-state index in [0.717, 1.165) is 17.0 Å². The molecule has 3 heterocycles. The third-order valence-corrected chi connectivity index (χ3v) is 5.27. The van der Waals surface area contributed by atoms with E-state index in [1.165, 1.54) is 0 Å². The molecule has 0 aliphatic rings. The Hall–Kier alpha value is -4.01. The summed E-state index contributed by atoms with van der Waals surface area (Å²) < 4.78 is 12.8. The van der Waals surface area contributed by atoms with Gasteiger partial charge in [-0.05, 0) is 71.4 Å². The number of aryl methyl sites for hydroxylation is 4. The van der Waals surface area contributed by atoms with Crippen LogP contribution in [0.5, 0.6) is 11.6 Å². The summed E-state index contributed by atoms with van der Waals surface area (Å²) >= 11 is 0. The number of carbonyl (C=O) groups is 1. The van der Waals surface area contributed by atoms with Gasteiger partial charge in [0.05, 0.1) is 11.4 Å². The molecule has 4 aromatic rings. The van der Waals surface area contributed by atoms with Gasteiger partial charge in [-0.15, -0.1) is 0 Å². The van der Waals surface area contributed by atoms with Gasteiger partial charge in [-0.2, -0.15) is 10.1 Å². The molecule has 9 nitrogen and oxygen atoms in total. The fourth-order valence-corrected chi connectivity index (χ4v) is 3.36. The van der Waals surface area contributed by atoms with Crippen LogP contribution in [0, 0.1) is 41.5 Å². The van der Waals surface area contributed by atoms with Gasteiger partial charge in [0.1, 0.15) is 22.9 Å². The Morgan fingerprint density at radius 3 is 2.31 bits per heavy atom. The van der Waals surface area contributed by atoms with Gasteiger partial charge in [0.15, 0.2) is 5.82 Å². The van der Waals surface area contributed by atoms with E-state index in [9.17, 15) is 4.79 Å². The fourth-order valence-electron chi connectivity index (χ4n) is 3.36. The number of anilines is 1. The summed E-state index contributed by atoms with van der Waals surface area (Å²) in [6.45, 7) is 11.2. The topological polar surface area (TPSA) is 108 Å². The van der Waals surface area contributed by atoms with Crippen molar-refractivity contribution >= 4 is 11.6 Å². The highest BCUT2D eigenvalue weighted by atomic mass is 16.5. The van der Waals surface area contributed by atoms with Crippen LogP contribution in [0.25, 0.3) is 5.82 Å². The van der Waals surface area contributed by atoms with Gasteiger partial charge in [-0.3, -0.25) is 4.79 Å². The summed E-state index contributed by atoms with van der Waals surface area (Å²) in [6, 6.07) is 8.77. The van der Waals surface area contributed by atoms with Crippen molar-refractivity contribution in [2.45, 2.75) is 41.5 Å². The molecule has 4 rings (SSSR count). The number of hydrogen-bond acceptors (Lipinski definition) is 7. The largest absolute Gasteiger partial charge is 0.439 e. The van der Waals surface area contributed by atoms with Gasteiger partial charge in [0, 0.05) is 17.4 Å². The van der Waals surface area contributed by atoms with Gasteiger partial charge < -0.3 is 14.6 Å². The number of aromatic nitrogens is 5. The van der Waals surface area contributed by atoms with Gasteiger partial charge in [-0.25, -0.2) is 9.67 Å². The molecule has 0 saturated carbocycles. The number of amides is 1. The Labute approximate surface area is 185 Å². The van der Waals surface area contributed by atoms with Gasteiger partial charge in [0.2, 0.25) is 5.88 Å². The maximum atomic E-state index is 12.5. The Bertz CT molecular complexity index is 1280. The first-order valence-electron chi connectivity index (χ1n) is 10.1. The van der Waals surface area contributed by atoms with Crippen molar-refractivity contribution in [1.29, 1.82) is 0 Å². The summed E-state index contributed by atoms with van der Waals surface area (Å²) in [5.74, 6) is 2.41. The zero-order valence-corrected chi connectivity index (χ0v) is 18.8. The molecule has 0 unspecified atom stereocenters. The van der Waals surface area contributed by atoms with Crippen molar-refractivity contribution in [2.75, 3.05) is 5.32 Å². The minimum absolute atomic E-state index is 0.272. The third kappa shape index (κ3) is 4.09. The van der Waals surface area contributed by atoms with Crippen molar-refractivity contribution in [3.63, 3.8) is 0 Å². The molecule has 164 valence electrons. The minimum Gasteiger partial charge on any atom is -0.439 e. The molecule has 0 aliphatic carbocycles. The van der Waals surface area contributed by atoms with Crippen LogP contribution in [-0.4, -0.2) is 30.8 Å². The molecular formula is C23H24N6O3. The summed E-state index contributed by atoms with van der Waals surface area (Å²) in [5, 5.41) is 11.2. The van der Waals surface area contributed by atoms with E-state index in [0.29, 0.717) is 46.0 Å². The zero-order valence-electron chi connectivity index (χ0n) is 18.8. The van der Waals surface area contributed by atoms with E-state index in [1.54, 1.807) is 48.9 Å². The van der Waals surface area contributed by atoms with Crippen molar-refractivity contribution in [3.05, 3.63) is 70.1 Å². The quantitative estimate of drug-likeness (QED) is 0.493. The van der Waals surface area contributed by atoms with Gasteiger partial charge in [0.25, 0.3) is 5.91 Å². The Kier molecular flexibility index (Phi) is 5.48. The summed E-state index contributed by atoms with van der Waals surface area (Å²) in [7, 11) is 0. The average Bonchev–Trinajstić information content (AvgIpc) is 3.22. The number of rotatable bonds is 5. The smallest absolute Gasteiger partial charge is 0.261 e. The van der Waals surface area contributed by atoms with Crippen LogP contribution in [0.15, 0.2) is 34.9 Å².